The van der Waals surface area contributed by atoms with Gasteiger partial charge in [0.15, 0.2) is 0 Å². The molecular formula is C16H25NO2S. The van der Waals surface area contributed by atoms with Gasteiger partial charge in [-0.3, -0.25) is 0 Å². The number of rotatable bonds is 7. The molecule has 2 unspecified atom stereocenters. The second-order valence-corrected chi connectivity index (χ2v) is 8.04. The summed E-state index contributed by atoms with van der Waals surface area (Å²) in [4.78, 5) is 0. The van der Waals surface area contributed by atoms with E-state index in [2.05, 4.69) is 36.5 Å². The van der Waals surface area contributed by atoms with Crippen LogP contribution in [-0.2, 0) is 16.3 Å². The molecule has 0 aromatic heterocycles. The van der Waals surface area contributed by atoms with Gasteiger partial charge in [0.25, 0.3) is 0 Å². The zero-order valence-electron chi connectivity index (χ0n) is 12.4. The number of nitrogens with one attached hydrogen (secondary N) is 1. The highest BCUT2D eigenvalue weighted by molar-refractivity contribution is 7.90. The van der Waals surface area contributed by atoms with E-state index < -0.39 is 9.84 Å². The zero-order chi connectivity index (χ0) is 14.6. The molecule has 0 bridgehead atoms. The third-order valence-corrected chi connectivity index (χ3v) is 5.19. The van der Waals surface area contributed by atoms with Crippen molar-refractivity contribution in [2.75, 3.05) is 18.6 Å². The Bertz CT molecular complexity index is 539. The molecule has 1 aromatic rings. The van der Waals surface area contributed by atoms with E-state index in [-0.39, 0.29) is 0 Å². The average molecular weight is 295 g/mol. The van der Waals surface area contributed by atoms with Crippen LogP contribution in [0.5, 0.6) is 0 Å². The zero-order valence-corrected chi connectivity index (χ0v) is 13.2. The number of hydrogen-bond acceptors (Lipinski definition) is 3. The molecule has 2 rings (SSSR count). The molecule has 0 radical (unpaired) electrons. The van der Waals surface area contributed by atoms with Crippen molar-refractivity contribution in [3.8, 4) is 0 Å². The maximum atomic E-state index is 11.3. The van der Waals surface area contributed by atoms with Crippen molar-refractivity contribution < 1.29 is 8.42 Å². The number of sulfone groups is 1. The minimum absolute atomic E-state index is 0.295. The highest BCUT2D eigenvalue weighted by Crippen LogP contribution is 2.36. The van der Waals surface area contributed by atoms with Gasteiger partial charge in [-0.1, -0.05) is 31.2 Å². The molecule has 20 heavy (non-hydrogen) atoms. The Labute approximate surface area is 122 Å². The first-order valence-corrected chi connectivity index (χ1v) is 9.56. The third-order valence-electron chi connectivity index (χ3n) is 4.16. The number of hydrogen-bond donors (Lipinski definition) is 1. The Morgan fingerprint density at radius 3 is 2.80 bits per heavy atom. The summed E-state index contributed by atoms with van der Waals surface area (Å²) in [6, 6.07) is 9.05. The summed E-state index contributed by atoms with van der Waals surface area (Å²) in [5, 5.41) is 3.56. The Morgan fingerprint density at radius 2 is 2.10 bits per heavy atom. The van der Waals surface area contributed by atoms with Crippen LogP contribution in [0.1, 0.15) is 43.2 Å². The van der Waals surface area contributed by atoms with Crippen molar-refractivity contribution in [3.63, 3.8) is 0 Å². The highest BCUT2D eigenvalue weighted by atomic mass is 32.2. The minimum atomic E-state index is -2.85. The maximum absolute atomic E-state index is 11.3. The van der Waals surface area contributed by atoms with Crippen molar-refractivity contribution in [3.05, 3.63) is 35.4 Å². The van der Waals surface area contributed by atoms with E-state index in [9.17, 15) is 8.42 Å². The molecule has 1 aromatic carbocycles. The first-order valence-electron chi connectivity index (χ1n) is 7.50. The van der Waals surface area contributed by atoms with Crippen LogP contribution in [0, 0.1) is 0 Å². The molecule has 2 atom stereocenters. The molecule has 0 saturated carbocycles. The molecule has 0 aliphatic heterocycles. The molecule has 0 saturated heterocycles. The van der Waals surface area contributed by atoms with E-state index in [4.69, 9.17) is 0 Å². The highest BCUT2D eigenvalue weighted by Gasteiger charge is 2.28. The van der Waals surface area contributed by atoms with E-state index in [0.717, 1.165) is 25.8 Å². The minimum Gasteiger partial charge on any atom is -0.314 e. The van der Waals surface area contributed by atoms with Crippen molar-refractivity contribution in [1.82, 2.24) is 5.32 Å². The van der Waals surface area contributed by atoms with Gasteiger partial charge < -0.3 is 5.32 Å². The fraction of sp³-hybridized carbons (Fsp3) is 0.625. The summed E-state index contributed by atoms with van der Waals surface area (Å²) < 4.78 is 22.5. The lowest BCUT2D eigenvalue weighted by Crippen LogP contribution is -2.34. The molecule has 0 fully saturated rings. The van der Waals surface area contributed by atoms with E-state index in [0.29, 0.717) is 17.7 Å². The molecule has 0 spiro atoms. The quantitative estimate of drug-likeness (QED) is 0.841. The van der Waals surface area contributed by atoms with Gasteiger partial charge in [0.2, 0.25) is 0 Å². The Balaban J connectivity index is 2.02. The smallest absolute Gasteiger partial charge is 0.147 e. The van der Waals surface area contributed by atoms with Crippen molar-refractivity contribution in [2.45, 2.75) is 44.6 Å². The van der Waals surface area contributed by atoms with Gasteiger partial charge in [-0.05, 0) is 49.3 Å². The SMILES string of the molecule is CCNC(CCCS(C)(=O)=O)C1CCc2ccccc21. The monoisotopic (exact) mass is 295 g/mol. The molecule has 1 N–H and O–H groups in total. The second kappa shape index (κ2) is 6.72. The van der Waals surface area contributed by atoms with Gasteiger partial charge in [0.1, 0.15) is 9.84 Å². The van der Waals surface area contributed by atoms with Gasteiger partial charge in [-0.2, -0.15) is 0 Å². The van der Waals surface area contributed by atoms with Crippen LogP contribution < -0.4 is 5.32 Å². The molecule has 112 valence electrons. The average Bonchev–Trinajstić information content (AvgIpc) is 2.80. The predicted molar refractivity (Wildman–Crippen MR) is 83.9 cm³/mol. The predicted octanol–water partition coefficient (Wildman–Crippen LogP) is 2.52. The lowest BCUT2D eigenvalue weighted by atomic mass is 9.90. The molecule has 1 aliphatic rings. The topological polar surface area (TPSA) is 46.2 Å². The summed E-state index contributed by atoms with van der Waals surface area (Å²) in [5.41, 5.74) is 2.92. The lowest BCUT2D eigenvalue weighted by molar-refractivity contribution is 0.410. The Kier molecular flexibility index (Phi) is 5.22. The first-order chi connectivity index (χ1) is 9.51. The van der Waals surface area contributed by atoms with Crippen molar-refractivity contribution >= 4 is 9.84 Å². The van der Waals surface area contributed by atoms with E-state index in [1.54, 1.807) is 0 Å². The van der Waals surface area contributed by atoms with Crippen LogP contribution in [0.4, 0.5) is 0 Å². The third kappa shape index (κ3) is 4.06. The second-order valence-electron chi connectivity index (χ2n) is 5.78. The molecular weight excluding hydrogens is 270 g/mol. The van der Waals surface area contributed by atoms with Gasteiger partial charge in [-0.25, -0.2) is 8.42 Å². The maximum Gasteiger partial charge on any atom is 0.147 e. The Hall–Kier alpha value is -0.870. The van der Waals surface area contributed by atoms with Crippen LogP contribution in [-0.4, -0.2) is 33.0 Å². The van der Waals surface area contributed by atoms with E-state index >= 15 is 0 Å². The summed E-state index contributed by atoms with van der Waals surface area (Å²) in [7, 11) is -2.85. The number of benzene rings is 1. The van der Waals surface area contributed by atoms with E-state index in [1.165, 1.54) is 23.8 Å². The van der Waals surface area contributed by atoms with Gasteiger partial charge in [0, 0.05) is 18.1 Å². The normalized spacial score (nSPS) is 19.8. The summed E-state index contributed by atoms with van der Waals surface area (Å²) >= 11 is 0. The van der Waals surface area contributed by atoms with Crippen molar-refractivity contribution in [1.29, 1.82) is 0 Å². The van der Waals surface area contributed by atoms with Crippen LogP contribution in [0.15, 0.2) is 24.3 Å². The number of likely N-dealkylation sites (N-methyl/N-ethyl adjacent to an activating group) is 1. The number of fused-ring (bicyclic) bond motifs is 1. The van der Waals surface area contributed by atoms with Crippen LogP contribution in [0.3, 0.4) is 0 Å². The lowest BCUT2D eigenvalue weighted by Gasteiger charge is -2.25. The van der Waals surface area contributed by atoms with Gasteiger partial charge >= 0.3 is 0 Å². The van der Waals surface area contributed by atoms with Gasteiger partial charge in [0.05, 0.1) is 0 Å². The van der Waals surface area contributed by atoms with Crippen molar-refractivity contribution in [2.24, 2.45) is 0 Å². The molecule has 4 heteroatoms. The summed E-state index contributed by atoms with van der Waals surface area (Å²) in [5.74, 6) is 0.828. The summed E-state index contributed by atoms with van der Waals surface area (Å²) in [6.45, 7) is 3.05. The molecule has 0 amide bonds. The fourth-order valence-corrected chi connectivity index (χ4v) is 3.97. The van der Waals surface area contributed by atoms with Crippen LogP contribution >= 0.6 is 0 Å². The standard InChI is InChI=1S/C16H25NO2S/c1-3-17-16(9-6-12-20(2,18)19)15-11-10-13-7-4-5-8-14(13)15/h4-5,7-8,15-17H,3,6,9-12H2,1-2H3. The van der Waals surface area contributed by atoms with Crippen LogP contribution in [0.25, 0.3) is 0 Å². The molecule has 0 heterocycles. The van der Waals surface area contributed by atoms with E-state index in [1.807, 2.05) is 0 Å². The van der Waals surface area contributed by atoms with Crippen LogP contribution in [0.2, 0.25) is 0 Å². The summed E-state index contributed by atoms with van der Waals surface area (Å²) in [6.07, 6.45) is 5.32. The Morgan fingerprint density at radius 1 is 1.35 bits per heavy atom. The van der Waals surface area contributed by atoms with Gasteiger partial charge in [-0.15, -0.1) is 0 Å². The molecule has 1 aliphatic carbocycles. The fourth-order valence-electron chi connectivity index (χ4n) is 3.28. The first kappa shape index (κ1) is 15.5. The number of aryl methyl sites for hydroxylation is 1. The molecule has 3 nitrogen and oxygen atoms in total. The largest absolute Gasteiger partial charge is 0.314 e.